The lowest BCUT2D eigenvalue weighted by molar-refractivity contribution is 0.286. The molecule has 2 aliphatic rings. The van der Waals surface area contributed by atoms with Crippen LogP contribution in [0.2, 0.25) is 0 Å². The van der Waals surface area contributed by atoms with Gasteiger partial charge in [-0.25, -0.2) is 0 Å². The van der Waals surface area contributed by atoms with Crippen LogP contribution in [0.3, 0.4) is 0 Å². The predicted molar refractivity (Wildman–Crippen MR) is 77.7 cm³/mol. The zero-order valence-corrected chi connectivity index (χ0v) is 11.6. The summed E-state index contributed by atoms with van der Waals surface area (Å²) >= 11 is 0. The topological polar surface area (TPSA) is 123 Å². The summed E-state index contributed by atoms with van der Waals surface area (Å²) < 4.78 is 10.7. The van der Waals surface area contributed by atoms with Crippen molar-refractivity contribution in [2.24, 2.45) is 22.9 Å². The molecule has 0 saturated carbocycles. The van der Waals surface area contributed by atoms with Crippen LogP contribution in [0.4, 0.5) is 0 Å². The molecule has 0 fully saturated rings. The first kappa shape index (κ1) is 14.5. The summed E-state index contributed by atoms with van der Waals surface area (Å²) in [5.74, 6) is 1.14. The molecule has 0 amide bonds. The summed E-state index contributed by atoms with van der Waals surface area (Å²) in [4.78, 5) is 0. The van der Waals surface area contributed by atoms with Crippen LogP contribution < -0.4 is 22.9 Å². The van der Waals surface area contributed by atoms with Gasteiger partial charge in [0.05, 0.1) is 14.2 Å². The van der Waals surface area contributed by atoms with Gasteiger partial charge in [0.25, 0.3) is 0 Å². The fraction of sp³-hybridized carbons (Fsp3) is 0.286. The summed E-state index contributed by atoms with van der Waals surface area (Å²) in [7, 11) is 3.11. The third kappa shape index (κ3) is 2.83. The maximum Gasteiger partial charge on any atom is 0.126 e. The molecular weight excluding hydrogens is 256 g/mol. The lowest BCUT2D eigenvalue weighted by Gasteiger charge is -2.27. The van der Waals surface area contributed by atoms with Gasteiger partial charge in [-0.3, -0.25) is 0 Å². The Hall–Kier alpha value is -1.86. The van der Waals surface area contributed by atoms with Gasteiger partial charge in [-0.15, -0.1) is 0 Å². The van der Waals surface area contributed by atoms with Crippen LogP contribution in [-0.2, 0) is 9.47 Å². The van der Waals surface area contributed by atoms with E-state index in [9.17, 15) is 0 Å². The SMILES string of the molecule is COC1=CC(N)(N)C=CC1=C1C=CC(N)(N)C=C1OC. The second-order valence-corrected chi connectivity index (χ2v) is 4.92. The molecule has 8 N–H and O–H groups in total. The summed E-state index contributed by atoms with van der Waals surface area (Å²) in [5.41, 5.74) is 23.0. The van der Waals surface area contributed by atoms with E-state index in [1.54, 1.807) is 50.7 Å². The highest BCUT2D eigenvalue weighted by molar-refractivity contribution is 5.57. The Bertz CT molecular complexity index is 516. The first-order valence-corrected chi connectivity index (χ1v) is 6.11. The number of hydrogen-bond donors (Lipinski definition) is 4. The average molecular weight is 276 g/mol. The predicted octanol–water partition coefficient (Wildman–Crippen LogP) is -0.289. The van der Waals surface area contributed by atoms with Crippen molar-refractivity contribution in [2.75, 3.05) is 14.2 Å². The van der Waals surface area contributed by atoms with E-state index in [1.807, 2.05) is 0 Å². The second kappa shape index (κ2) is 4.92. The lowest BCUT2D eigenvalue weighted by atomic mass is 9.91. The Morgan fingerprint density at radius 3 is 1.40 bits per heavy atom. The highest BCUT2D eigenvalue weighted by Gasteiger charge is 2.26. The number of allylic oxidation sites excluding steroid dienone is 2. The van der Waals surface area contributed by atoms with Crippen LogP contribution in [0.15, 0.2) is 59.1 Å². The van der Waals surface area contributed by atoms with Crippen molar-refractivity contribution in [1.82, 2.24) is 0 Å². The van der Waals surface area contributed by atoms with Gasteiger partial charge in [-0.05, 0) is 24.3 Å². The first-order valence-electron chi connectivity index (χ1n) is 6.11. The Kier molecular flexibility index (Phi) is 3.58. The molecule has 0 heterocycles. The van der Waals surface area contributed by atoms with Gasteiger partial charge in [0.2, 0.25) is 0 Å². The van der Waals surface area contributed by atoms with E-state index in [2.05, 4.69) is 0 Å². The van der Waals surface area contributed by atoms with Crippen molar-refractivity contribution in [3.8, 4) is 0 Å². The molecular formula is C14H20N4O2. The third-order valence-electron chi connectivity index (χ3n) is 3.10. The number of hydrogen-bond acceptors (Lipinski definition) is 6. The van der Waals surface area contributed by atoms with Crippen molar-refractivity contribution in [2.45, 2.75) is 11.3 Å². The van der Waals surface area contributed by atoms with Gasteiger partial charge in [-0.1, -0.05) is 12.2 Å². The molecule has 0 atom stereocenters. The van der Waals surface area contributed by atoms with Gasteiger partial charge < -0.3 is 32.4 Å². The van der Waals surface area contributed by atoms with E-state index in [-0.39, 0.29) is 0 Å². The van der Waals surface area contributed by atoms with Gasteiger partial charge in [0.1, 0.15) is 22.8 Å². The van der Waals surface area contributed by atoms with Crippen molar-refractivity contribution >= 4 is 0 Å². The van der Waals surface area contributed by atoms with E-state index in [1.165, 1.54) is 0 Å². The van der Waals surface area contributed by atoms with E-state index in [0.717, 1.165) is 11.1 Å². The summed E-state index contributed by atoms with van der Waals surface area (Å²) in [6, 6.07) is 0. The molecule has 6 nitrogen and oxygen atoms in total. The van der Waals surface area contributed by atoms with E-state index in [0.29, 0.717) is 11.5 Å². The minimum atomic E-state index is -1.03. The minimum absolute atomic E-state index is 0.571. The quantitative estimate of drug-likeness (QED) is 0.514. The molecule has 0 aromatic heterocycles. The Morgan fingerprint density at radius 2 is 1.10 bits per heavy atom. The maximum absolute atomic E-state index is 5.85. The molecule has 0 aliphatic heterocycles. The third-order valence-corrected chi connectivity index (χ3v) is 3.10. The van der Waals surface area contributed by atoms with Crippen molar-refractivity contribution in [3.05, 3.63) is 59.1 Å². The van der Waals surface area contributed by atoms with E-state index < -0.39 is 11.3 Å². The number of methoxy groups -OCH3 is 2. The highest BCUT2D eigenvalue weighted by atomic mass is 16.5. The van der Waals surface area contributed by atoms with Gasteiger partial charge >= 0.3 is 0 Å². The highest BCUT2D eigenvalue weighted by Crippen LogP contribution is 2.31. The normalized spacial score (nSPS) is 26.9. The minimum Gasteiger partial charge on any atom is -0.496 e. The Balaban J connectivity index is 2.53. The molecule has 0 aromatic rings. The van der Waals surface area contributed by atoms with E-state index >= 15 is 0 Å². The molecule has 0 spiro atoms. The van der Waals surface area contributed by atoms with Crippen LogP contribution in [0, 0.1) is 0 Å². The second-order valence-electron chi connectivity index (χ2n) is 4.92. The molecule has 20 heavy (non-hydrogen) atoms. The van der Waals surface area contributed by atoms with Gasteiger partial charge in [-0.2, -0.15) is 0 Å². The number of rotatable bonds is 2. The van der Waals surface area contributed by atoms with Crippen molar-refractivity contribution in [3.63, 3.8) is 0 Å². The largest absolute Gasteiger partial charge is 0.496 e. The molecule has 0 unspecified atom stereocenters. The molecule has 108 valence electrons. The number of nitrogens with two attached hydrogens (primary N) is 4. The smallest absolute Gasteiger partial charge is 0.126 e. The summed E-state index contributed by atoms with van der Waals surface area (Å²) in [5, 5.41) is 0. The van der Waals surface area contributed by atoms with E-state index in [4.69, 9.17) is 32.4 Å². The van der Waals surface area contributed by atoms with Crippen molar-refractivity contribution < 1.29 is 9.47 Å². The maximum atomic E-state index is 5.85. The monoisotopic (exact) mass is 276 g/mol. The zero-order valence-electron chi connectivity index (χ0n) is 11.6. The van der Waals surface area contributed by atoms with Crippen LogP contribution in [0.25, 0.3) is 0 Å². The van der Waals surface area contributed by atoms with Crippen LogP contribution in [0.5, 0.6) is 0 Å². The summed E-state index contributed by atoms with van der Waals surface area (Å²) in [6.45, 7) is 0. The lowest BCUT2D eigenvalue weighted by Crippen LogP contribution is -2.47. The van der Waals surface area contributed by atoms with Gasteiger partial charge in [0, 0.05) is 11.1 Å². The number of ether oxygens (including phenoxy) is 2. The molecule has 0 aromatic carbocycles. The Labute approximate surface area is 118 Å². The molecule has 6 heteroatoms. The standard InChI is InChI=1S/C14H20N4O2/c1-19-11-7-13(15,16)5-3-9(11)10-4-6-14(17,18)8-12(10)20-2/h3-8H,15-18H2,1-2H3. The molecule has 2 aliphatic carbocycles. The van der Waals surface area contributed by atoms with Gasteiger partial charge in [0.15, 0.2) is 0 Å². The fourth-order valence-corrected chi connectivity index (χ4v) is 2.11. The average Bonchev–Trinajstić information content (AvgIpc) is 2.37. The first-order chi connectivity index (χ1) is 9.28. The molecule has 0 bridgehead atoms. The fourth-order valence-electron chi connectivity index (χ4n) is 2.11. The van der Waals surface area contributed by atoms with Crippen molar-refractivity contribution in [1.29, 1.82) is 0 Å². The van der Waals surface area contributed by atoms with Crippen LogP contribution in [-0.4, -0.2) is 25.5 Å². The summed E-state index contributed by atoms with van der Waals surface area (Å²) in [6.07, 6.45) is 10.3. The van der Waals surface area contributed by atoms with Crippen LogP contribution in [0.1, 0.15) is 0 Å². The van der Waals surface area contributed by atoms with Crippen LogP contribution >= 0.6 is 0 Å². The zero-order chi connectivity index (χ0) is 15.0. The molecule has 0 saturated heterocycles. The molecule has 0 radical (unpaired) electrons. The Morgan fingerprint density at radius 1 is 0.750 bits per heavy atom. The molecule has 2 rings (SSSR count).